The number of alkyl halides is 2. The number of piperazine rings is 1. The summed E-state index contributed by atoms with van der Waals surface area (Å²) in [6.45, 7) is 1.52. The van der Waals surface area contributed by atoms with Gasteiger partial charge in [-0.1, -0.05) is 0 Å². The van der Waals surface area contributed by atoms with Gasteiger partial charge in [0.25, 0.3) is 6.43 Å². The summed E-state index contributed by atoms with van der Waals surface area (Å²) in [5, 5.41) is 11.1. The average molecular weight is 380 g/mol. The van der Waals surface area contributed by atoms with Crippen molar-refractivity contribution in [2.24, 2.45) is 0 Å². The summed E-state index contributed by atoms with van der Waals surface area (Å²) in [6.07, 6.45) is -0.851. The third-order valence-electron chi connectivity index (χ3n) is 4.49. The van der Waals surface area contributed by atoms with Crippen LogP contribution in [0.1, 0.15) is 28.0 Å². The number of ether oxygens (including phenoxy) is 1. The fraction of sp³-hybridized carbons (Fsp3) is 0.389. The van der Waals surface area contributed by atoms with Crippen molar-refractivity contribution in [1.82, 2.24) is 15.5 Å². The monoisotopic (exact) mass is 380 g/mol. The predicted molar refractivity (Wildman–Crippen MR) is 92.4 cm³/mol. The number of nitrogens with zero attached hydrogens (tertiary/aromatic N) is 3. The minimum Gasteiger partial charge on any atom is -0.465 e. The SMILES string of the molecule is COC(=O)c1cc(C(F)F)c(N2CCNCC2Cc2cccnn2)cc1F. The molecule has 27 heavy (non-hydrogen) atoms. The van der Waals surface area contributed by atoms with E-state index in [9.17, 15) is 18.0 Å². The number of hydrogen-bond acceptors (Lipinski definition) is 6. The first-order valence-corrected chi connectivity index (χ1v) is 8.45. The number of esters is 1. The molecule has 1 unspecified atom stereocenters. The molecule has 0 amide bonds. The molecule has 0 spiro atoms. The molecule has 1 aromatic heterocycles. The molecule has 0 saturated carbocycles. The zero-order chi connectivity index (χ0) is 19.4. The van der Waals surface area contributed by atoms with Gasteiger partial charge in [0.2, 0.25) is 0 Å². The van der Waals surface area contributed by atoms with E-state index in [4.69, 9.17) is 0 Å². The van der Waals surface area contributed by atoms with Crippen molar-refractivity contribution in [3.05, 3.63) is 53.1 Å². The number of methoxy groups -OCH3 is 1. The van der Waals surface area contributed by atoms with E-state index in [-0.39, 0.29) is 11.7 Å². The van der Waals surface area contributed by atoms with E-state index < -0.39 is 29.3 Å². The van der Waals surface area contributed by atoms with Crippen LogP contribution < -0.4 is 10.2 Å². The number of anilines is 1. The molecule has 1 N–H and O–H groups in total. The van der Waals surface area contributed by atoms with Gasteiger partial charge < -0.3 is 15.0 Å². The van der Waals surface area contributed by atoms with Gasteiger partial charge in [-0.25, -0.2) is 18.0 Å². The van der Waals surface area contributed by atoms with Crippen LogP contribution in [0.3, 0.4) is 0 Å². The molecule has 9 heteroatoms. The lowest BCUT2D eigenvalue weighted by Gasteiger charge is -2.39. The van der Waals surface area contributed by atoms with Crippen LogP contribution in [0.25, 0.3) is 0 Å². The van der Waals surface area contributed by atoms with Crippen molar-refractivity contribution >= 4 is 11.7 Å². The standard InChI is InChI=1S/C18H19F3N4O2/c1-27-18(26)13-8-14(17(20)21)16(9-15(13)19)25-6-5-22-10-12(25)7-11-3-2-4-23-24-11/h2-4,8-9,12,17,22H,5-7,10H2,1H3. The van der Waals surface area contributed by atoms with Gasteiger partial charge >= 0.3 is 5.97 Å². The van der Waals surface area contributed by atoms with E-state index in [1.54, 1.807) is 23.2 Å². The van der Waals surface area contributed by atoms with Crippen molar-refractivity contribution in [2.45, 2.75) is 18.9 Å². The predicted octanol–water partition coefficient (Wildman–Crippen LogP) is 2.36. The van der Waals surface area contributed by atoms with E-state index in [1.807, 2.05) is 0 Å². The van der Waals surface area contributed by atoms with E-state index in [2.05, 4.69) is 20.3 Å². The highest BCUT2D eigenvalue weighted by Crippen LogP contribution is 2.34. The molecular formula is C18H19F3N4O2. The Balaban J connectivity index is 1.98. The Morgan fingerprint density at radius 1 is 1.44 bits per heavy atom. The van der Waals surface area contributed by atoms with Crippen LogP contribution in [0.5, 0.6) is 0 Å². The second-order valence-electron chi connectivity index (χ2n) is 6.15. The van der Waals surface area contributed by atoms with E-state index >= 15 is 0 Å². The van der Waals surface area contributed by atoms with Crippen molar-refractivity contribution in [3.8, 4) is 0 Å². The third kappa shape index (κ3) is 4.19. The first-order valence-electron chi connectivity index (χ1n) is 8.45. The minimum absolute atomic E-state index is 0.0746. The normalized spacial score (nSPS) is 17.2. The Morgan fingerprint density at radius 3 is 2.93 bits per heavy atom. The molecular weight excluding hydrogens is 361 g/mol. The molecule has 2 heterocycles. The quantitative estimate of drug-likeness (QED) is 0.804. The second-order valence-corrected chi connectivity index (χ2v) is 6.15. The molecule has 1 atom stereocenters. The first kappa shape index (κ1) is 19.1. The first-order chi connectivity index (χ1) is 13.0. The van der Waals surface area contributed by atoms with Crippen LogP contribution in [-0.4, -0.2) is 49.0 Å². The Morgan fingerprint density at radius 2 is 2.26 bits per heavy atom. The Bertz CT molecular complexity index is 805. The van der Waals surface area contributed by atoms with Crippen LogP contribution >= 0.6 is 0 Å². The Kier molecular flexibility index (Phi) is 5.90. The molecule has 0 aliphatic carbocycles. The van der Waals surface area contributed by atoms with Gasteiger partial charge in [-0.2, -0.15) is 10.2 Å². The molecule has 1 aliphatic heterocycles. The van der Waals surface area contributed by atoms with E-state index in [0.29, 0.717) is 31.7 Å². The summed E-state index contributed by atoms with van der Waals surface area (Å²) in [6, 6.07) is 5.20. The molecule has 0 radical (unpaired) electrons. The highest BCUT2D eigenvalue weighted by atomic mass is 19.3. The summed E-state index contributed by atoms with van der Waals surface area (Å²) < 4.78 is 46.3. The smallest absolute Gasteiger partial charge is 0.340 e. The highest BCUT2D eigenvalue weighted by molar-refractivity contribution is 5.90. The Labute approximate surface area is 154 Å². The molecule has 1 aromatic carbocycles. The van der Waals surface area contributed by atoms with Crippen molar-refractivity contribution < 1.29 is 22.7 Å². The average Bonchev–Trinajstić information content (AvgIpc) is 2.68. The maximum Gasteiger partial charge on any atom is 0.340 e. The van der Waals surface area contributed by atoms with Gasteiger partial charge in [0.1, 0.15) is 5.82 Å². The summed E-state index contributed by atoms with van der Waals surface area (Å²) in [7, 11) is 1.07. The minimum atomic E-state index is -2.86. The fourth-order valence-electron chi connectivity index (χ4n) is 3.21. The van der Waals surface area contributed by atoms with E-state index in [1.165, 1.54) is 0 Å². The lowest BCUT2D eigenvalue weighted by molar-refractivity contribution is 0.0595. The van der Waals surface area contributed by atoms with Crippen LogP contribution in [0.4, 0.5) is 18.9 Å². The zero-order valence-electron chi connectivity index (χ0n) is 14.7. The van der Waals surface area contributed by atoms with Crippen molar-refractivity contribution in [1.29, 1.82) is 0 Å². The number of halogens is 3. The lowest BCUT2D eigenvalue weighted by Crippen LogP contribution is -2.53. The van der Waals surface area contributed by atoms with Gasteiger partial charge in [-0.05, 0) is 24.3 Å². The second kappa shape index (κ2) is 8.34. The summed E-state index contributed by atoms with van der Waals surface area (Å²) in [5.41, 5.74) is -0.119. The van der Waals surface area contributed by atoms with Crippen molar-refractivity contribution in [2.75, 3.05) is 31.6 Å². The van der Waals surface area contributed by atoms with Crippen LogP contribution in [-0.2, 0) is 11.2 Å². The number of carbonyl (C=O) groups excluding carboxylic acids is 1. The molecule has 3 rings (SSSR count). The fourth-order valence-corrected chi connectivity index (χ4v) is 3.21. The molecule has 6 nitrogen and oxygen atoms in total. The van der Waals surface area contributed by atoms with Gasteiger partial charge in [0.05, 0.1) is 18.4 Å². The highest BCUT2D eigenvalue weighted by Gasteiger charge is 2.29. The van der Waals surface area contributed by atoms with Gasteiger partial charge in [-0.15, -0.1) is 0 Å². The van der Waals surface area contributed by atoms with E-state index in [0.717, 1.165) is 19.2 Å². The molecule has 1 saturated heterocycles. The number of aromatic nitrogens is 2. The summed E-state index contributed by atoms with van der Waals surface area (Å²) >= 11 is 0. The molecule has 0 bridgehead atoms. The molecule has 144 valence electrons. The van der Waals surface area contributed by atoms with Crippen LogP contribution in [0, 0.1) is 5.82 Å². The number of rotatable bonds is 5. The summed E-state index contributed by atoms with van der Waals surface area (Å²) in [5.74, 6) is -1.88. The number of hydrogen-bond donors (Lipinski definition) is 1. The number of benzene rings is 1. The van der Waals surface area contributed by atoms with Gasteiger partial charge in [0, 0.05) is 49.5 Å². The summed E-state index contributed by atoms with van der Waals surface area (Å²) in [4.78, 5) is 13.4. The molecule has 2 aromatic rings. The van der Waals surface area contributed by atoms with Crippen LogP contribution in [0.2, 0.25) is 0 Å². The molecule has 1 fully saturated rings. The van der Waals surface area contributed by atoms with Crippen molar-refractivity contribution in [3.63, 3.8) is 0 Å². The van der Waals surface area contributed by atoms with Gasteiger partial charge in [-0.3, -0.25) is 0 Å². The van der Waals surface area contributed by atoms with Gasteiger partial charge in [0.15, 0.2) is 0 Å². The third-order valence-corrected chi connectivity index (χ3v) is 4.49. The number of nitrogens with one attached hydrogen (secondary N) is 1. The van der Waals surface area contributed by atoms with Crippen LogP contribution in [0.15, 0.2) is 30.5 Å². The largest absolute Gasteiger partial charge is 0.465 e. The number of carbonyl (C=O) groups is 1. The topological polar surface area (TPSA) is 67.3 Å². The zero-order valence-corrected chi connectivity index (χ0v) is 14.7. The Hall–Kier alpha value is -2.68. The maximum absolute atomic E-state index is 14.4. The molecule has 1 aliphatic rings. The lowest BCUT2D eigenvalue weighted by atomic mass is 10.0. The maximum atomic E-state index is 14.4.